The van der Waals surface area contributed by atoms with E-state index in [1.54, 1.807) is 41.3 Å². The summed E-state index contributed by atoms with van der Waals surface area (Å²) in [6.07, 6.45) is 4.24. The molecule has 0 aromatic heterocycles. The van der Waals surface area contributed by atoms with Gasteiger partial charge < -0.3 is 10.2 Å². The molecule has 8 heteroatoms. The predicted molar refractivity (Wildman–Crippen MR) is 118 cm³/mol. The Labute approximate surface area is 183 Å². The Hall–Kier alpha value is -2.71. The summed E-state index contributed by atoms with van der Waals surface area (Å²) < 4.78 is 27.3. The van der Waals surface area contributed by atoms with Crippen molar-refractivity contribution in [3.63, 3.8) is 0 Å². The molecule has 2 fully saturated rings. The molecule has 2 aromatic carbocycles. The monoisotopic (exact) mass is 441 g/mol. The molecule has 2 aliphatic rings. The highest BCUT2D eigenvalue weighted by molar-refractivity contribution is 7.89. The minimum atomic E-state index is -3.57. The molecule has 31 heavy (non-hydrogen) atoms. The molecule has 164 valence electrons. The van der Waals surface area contributed by atoms with Crippen LogP contribution in [0.1, 0.15) is 48.0 Å². The van der Waals surface area contributed by atoms with Crippen LogP contribution in [-0.4, -0.2) is 49.1 Å². The summed E-state index contributed by atoms with van der Waals surface area (Å²) in [4.78, 5) is 26.6. The van der Waals surface area contributed by atoms with Crippen molar-refractivity contribution in [3.05, 3.63) is 59.7 Å². The zero-order chi connectivity index (χ0) is 21.8. The van der Waals surface area contributed by atoms with E-state index >= 15 is 0 Å². The Morgan fingerprint density at radius 1 is 0.935 bits per heavy atom. The van der Waals surface area contributed by atoms with Gasteiger partial charge in [-0.05, 0) is 55.2 Å². The number of likely N-dealkylation sites (tertiary alicyclic amines) is 1. The summed E-state index contributed by atoms with van der Waals surface area (Å²) in [5.41, 5.74) is 1.79. The first-order valence-corrected chi connectivity index (χ1v) is 12.2. The molecule has 0 aliphatic carbocycles. The lowest BCUT2D eigenvalue weighted by molar-refractivity contribution is -0.128. The van der Waals surface area contributed by atoms with Crippen LogP contribution in [0.25, 0.3) is 0 Å². The average Bonchev–Trinajstić information content (AvgIpc) is 3.19. The number of hydrogen-bond acceptors (Lipinski definition) is 4. The third-order valence-electron chi connectivity index (χ3n) is 5.78. The Morgan fingerprint density at radius 2 is 1.71 bits per heavy atom. The molecular weight excluding hydrogens is 414 g/mol. The smallest absolute Gasteiger partial charge is 0.255 e. The summed E-state index contributed by atoms with van der Waals surface area (Å²) >= 11 is 0. The second kappa shape index (κ2) is 9.20. The van der Waals surface area contributed by atoms with Gasteiger partial charge in [-0.15, -0.1) is 0 Å². The van der Waals surface area contributed by atoms with Gasteiger partial charge in [0.25, 0.3) is 5.91 Å². The van der Waals surface area contributed by atoms with Crippen molar-refractivity contribution in [2.24, 2.45) is 0 Å². The summed E-state index contributed by atoms with van der Waals surface area (Å²) in [5.74, 6) is -0.177. The van der Waals surface area contributed by atoms with Gasteiger partial charge in [-0.1, -0.05) is 24.6 Å². The van der Waals surface area contributed by atoms with E-state index in [0.717, 1.165) is 37.8 Å². The topological polar surface area (TPSA) is 86.8 Å². The number of nitrogens with one attached hydrogen (secondary N) is 1. The molecular formula is C23H27N3O4S. The fourth-order valence-corrected chi connectivity index (χ4v) is 5.66. The Balaban J connectivity index is 1.47. The van der Waals surface area contributed by atoms with E-state index in [1.807, 2.05) is 6.07 Å². The second-order valence-electron chi connectivity index (χ2n) is 8.07. The Morgan fingerprint density at radius 3 is 2.45 bits per heavy atom. The fraction of sp³-hybridized carbons (Fsp3) is 0.391. The number of hydrogen-bond donors (Lipinski definition) is 1. The first-order chi connectivity index (χ1) is 14.9. The van der Waals surface area contributed by atoms with Crippen LogP contribution in [0.5, 0.6) is 0 Å². The van der Waals surface area contributed by atoms with Crippen molar-refractivity contribution < 1.29 is 18.0 Å². The first-order valence-electron chi connectivity index (χ1n) is 10.7. The van der Waals surface area contributed by atoms with Crippen LogP contribution in [0, 0.1) is 0 Å². The summed E-state index contributed by atoms with van der Waals surface area (Å²) in [6.45, 7) is 2.30. The second-order valence-corrected chi connectivity index (χ2v) is 10.0. The number of piperidine rings is 1. The molecule has 0 saturated carbocycles. The maximum Gasteiger partial charge on any atom is 0.255 e. The van der Waals surface area contributed by atoms with Crippen LogP contribution in [0.2, 0.25) is 0 Å². The zero-order valence-electron chi connectivity index (χ0n) is 17.4. The highest BCUT2D eigenvalue weighted by Gasteiger charge is 2.26. The zero-order valence-corrected chi connectivity index (χ0v) is 18.2. The minimum Gasteiger partial charge on any atom is -0.338 e. The predicted octanol–water partition coefficient (Wildman–Crippen LogP) is 3.24. The number of carbonyl (C=O) groups is 2. The van der Waals surface area contributed by atoms with Crippen molar-refractivity contribution in [3.8, 4) is 0 Å². The lowest BCUT2D eigenvalue weighted by Gasteiger charge is -2.26. The van der Waals surface area contributed by atoms with Gasteiger partial charge in [-0.3, -0.25) is 9.59 Å². The molecule has 0 bridgehead atoms. The highest BCUT2D eigenvalue weighted by Crippen LogP contribution is 2.23. The molecule has 4 rings (SSSR count). The van der Waals surface area contributed by atoms with Gasteiger partial charge in [-0.2, -0.15) is 4.31 Å². The molecule has 0 radical (unpaired) electrons. The van der Waals surface area contributed by atoms with Crippen LogP contribution in [0.4, 0.5) is 5.69 Å². The number of sulfonamides is 1. The van der Waals surface area contributed by atoms with Crippen molar-refractivity contribution in [2.75, 3.05) is 25.0 Å². The minimum absolute atomic E-state index is 0.140. The summed E-state index contributed by atoms with van der Waals surface area (Å²) in [7, 11) is -3.57. The van der Waals surface area contributed by atoms with Crippen LogP contribution in [-0.2, 0) is 21.4 Å². The van der Waals surface area contributed by atoms with Crippen molar-refractivity contribution in [1.82, 2.24) is 9.21 Å². The van der Waals surface area contributed by atoms with E-state index in [9.17, 15) is 18.0 Å². The summed E-state index contributed by atoms with van der Waals surface area (Å²) in [6, 6.07) is 13.6. The molecule has 0 spiro atoms. The molecule has 7 nitrogen and oxygen atoms in total. The molecule has 2 heterocycles. The lowest BCUT2D eigenvalue weighted by atomic mass is 10.1. The SMILES string of the molecule is O=C(Nc1cccc(S(=O)(=O)N2CCCCC2)c1)c1cccc(CN2CCCC2=O)c1. The maximum absolute atomic E-state index is 12.9. The number of anilines is 1. The van der Waals surface area contributed by atoms with Crippen LogP contribution in [0.15, 0.2) is 53.4 Å². The molecule has 1 N–H and O–H groups in total. The van der Waals surface area contributed by atoms with E-state index in [0.29, 0.717) is 37.3 Å². The average molecular weight is 442 g/mol. The van der Waals surface area contributed by atoms with E-state index in [2.05, 4.69) is 5.32 Å². The van der Waals surface area contributed by atoms with Crippen LogP contribution >= 0.6 is 0 Å². The number of carbonyl (C=O) groups excluding carboxylic acids is 2. The lowest BCUT2D eigenvalue weighted by Crippen LogP contribution is -2.35. The standard InChI is InChI=1S/C23H27N3O4S/c27-22-11-6-12-25(22)17-18-7-4-8-19(15-18)23(28)24-20-9-5-10-21(16-20)31(29,30)26-13-2-1-3-14-26/h4-5,7-10,15-16H,1-3,6,11-14,17H2,(H,24,28). The van der Waals surface area contributed by atoms with Crippen LogP contribution < -0.4 is 5.32 Å². The van der Waals surface area contributed by atoms with Gasteiger partial charge in [0, 0.05) is 43.9 Å². The molecule has 2 aromatic rings. The summed E-state index contributed by atoms with van der Waals surface area (Å²) in [5, 5.41) is 2.80. The van der Waals surface area contributed by atoms with E-state index in [-0.39, 0.29) is 16.7 Å². The van der Waals surface area contributed by atoms with E-state index < -0.39 is 10.0 Å². The van der Waals surface area contributed by atoms with Gasteiger partial charge in [0.2, 0.25) is 15.9 Å². The van der Waals surface area contributed by atoms with Crippen molar-refractivity contribution in [1.29, 1.82) is 0 Å². The first kappa shape index (κ1) is 21.5. The fourth-order valence-electron chi connectivity index (χ4n) is 4.09. The number of nitrogens with zero attached hydrogens (tertiary/aromatic N) is 2. The normalized spacial score (nSPS) is 17.7. The quantitative estimate of drug-likeness (QED) is 0.746. The van der Waals surface area contributed by atoms with Gasteiger partial charge in [0.15, 0.2) is 0 Å². The number of rotatable bonds is 6. The largest absolute Gasteiger partial charge is 0.338 e. The third kappa shape index (κ3) is 4.97. The number of amides is 2. The van der Waals surface area contributed by atoms with E-state index in [1.165, 1.54) is 10.4 Å². The van der Waals surface area contributed by atoms with Gasteiger partial charge in [0.1, 0.15) is 0 Å². The van der Waals surface area contributed by atoms with Crippen molar-refractivity contribution in [2.45, 2.75) is 43.5 Å². The molecule has 2 saturated heterocycles. The van der Waals surface area contributed by atoms with E-state index in [4.69, 9.17) is 0 Å². The highest BCUT2D eigenvalue weighted by atomic mass is 32.2. The number of benzene rings is 2. The van der Waals surface area contributed by atoms with Gasteiger partial charge in [-0.25, -0.2) is 8.42 Å². The Kier molecular flexibility index (Phi) is 6.38. The molecule has 0 atom stereocenters. The van der Waals surface area contributed by atoms with Gasteiger partial charge >= 0.3 is 0 Å². The van der Waals surface area contributed by atoms with Crippen molar-refractivity contribution >= 4 is 27.5 Å². The Bertz CT molecular complexity index is 1080. The third-order valence-corrected chi connectivity index (χ3v) is 7.67. The van der Waals surface area contributed by atoms with Crippen LogP contribution in [0.3, 0.4) is 0 Å². The van der Waals surface area contributed by atoms with Gasteiger partial charge in [0.05, 0.1) is 4.90 Å². The molecule has 2 amide bonds. The molecule has 0 unspecified atom stereocenters. The maximum atomic E-state index is 12.9. The molecule has 2 aliphatic heterocycles.